The average molecular weight is 303 g/mol. The fourth-order valence-electron chi connectivity index (χ4n) is 2.02. The van der Waals surface area contributed by atoms with Gasteiger partial charge in [-0.05, 0) is 42.5 Å². The van der Waals surface area contributed by atoms with Gasteiger partial charge >= 0.3 is 6.36 Å². The molecule has 0 aliphatic carbocycles. The molecule has 0 spiro atoms. The molecule has 1 N–H and O–H groups in total. The van der Waals surface area contributed by atoms with Crippen LogP contribution in [0, 0.1) is 11.8 Å². The van der Waals surface area contributed by atoms with E-state index >= 15 is 0 Å². The van der Waals surface area contributed by atoms with Crippen LogP contribution in [0.25, 0.3) is 0 Å². The van der Waals surface area contributed by atoms with Crippen molar-refractivity contribution in [1.29, 1.82) is 0 Å². The van der Waals surface area contributed by atoms with Crippen LogP contribution in [0.3, 0.4) is 0 Å². The molecule has 1 aromatic rings. The van der Waals surface area contributed by atoms with Crippen LogP contribution < -0.4 is 10.1 Å². The van der Waals surface area contributed by atoms with Crippen LogP contribution >= 0.6 is 0 Å². The van der Waals surface area contributed by atoms with Crippen molar-refractivity contribution in [2.45, 2.75) is 46.5 Å². The lowest BCUT2D eigenvalue weighted by Gasteiger charge is -2.22. The van der Waals surface area contributed by atoms with E-state index in [4.69, 9.17) is 0 Å². The Kier molecular flexibility index (Phi) is 6.52. The zero-order chi connectivity index (χ0) is 16.0. The Hall–Kier alpha value is -1.23. The van der Waals surface area contributed by atoms with Crippen molar-refractivity contribution in [3.63, 3.8) is 0 Å². The summed E-state index contributed by atoms with van der Waals surface area (Å²) in [4.78, 5) is 0. The van der Waals surface area contributed by atoms with Gasteiger partial charge in [-0.15, -0.1) is 13.2 Å². The minimum Gasteiger partial charge on any atom is -0.406 e. The predicted molar refractivity (Wildman–Crippen MR) is 78.3 cm³/mol. The van der Waals surface area contributed by atoms with Crippen LogP contribution in [0.4, 0.5) is 13.2 Å². The lowest BCUT2D eigenvalue weighted by Crippen LogP contribution is -2.31. The van der Waals surface area contributed by atoms with Gasteiger partial charge in [0.25, 0.3) is 0 Å². The highest BCUT2D eigenvalue weighted by atomic mass is 19.4. The molecule has 21 heavy (non-hydrogen) atoms. The second kappa shape index (κ2) is 7.69. The van der Waals surface area contributed by atoms with Crippen molar-refractivity contribution >= 4 is 0 Å². The van der Waals surface area contributed by atoms with Gasteiger partial charge in [0.05, 0.1) is 0 Å². The van der Waals surface area contributed by atoms with Crippen LogP contribution in [0.1, 0.15) is 33.3 Å². The molecule has 1 aromatic carbocycles. The molecule has 0 aliphatic rings. The van der Waals surface area contributed by atoms with Crippen molar-refractivity contribution < 1.29 is 17.9 Å². The number of rotatable bonds is 7. The fourth-order valence-corrected chi connectivity index (χ4v) is 2.02. The highest BCUT2D eigenvalue weighted by molar-refractivity contribution is 5.27. The topological polar surface area (TPSA) is 21.3 Å². The summed E-state index contributed by atoms with van der Waals surface area (Å²) >= 11 is 0. The standard InChI is InChI=1S/C16H24F3NO/c1-11(2)20-10-13(4)12(3)9-14-5-7-15(8-6-14)21-16(17,18)19/h5-8,11-13,20H,9-10H2,1-4H3. The van der Waals surface area contributed by atoms with Crippen molar-refractivity contribution in [1.82, 2.24) is 5.32 Å². The van der Waals surface area contributed by atoms with Gasteiger partial charge in [-0.2, -0.15) is 0 Å². The Morgan fingerprint density at radius 3 is 2.05 bits per heavy atom. The molecule has 2 atom stereocenters. The van der Waals surface area contributed by atoms with Gasteiger partial charge in [-0.1, -0.05) is 39.8 Å². The first-order valence-electron chi connectivity index (χ1n) is 7.25. The molecule has 0 aromatic heterocycles. The molecule has 120 valence electrons. The maximum absolute atomic E-state index is 12.1. The van der Waals surface area contributed by atoms with Crippen LogP contribution in [0.15, 0.2) is 24.3 Å². The van der Waals surface area contributed by atoms with Gasteiger partial charge in [-0.3, -0.25) is 0 Å². The highest BCUT2D eigenvalue weighted by Gasteiger charge is 2.30. The Balaban J connectivity index is 2.51. The van der Waals surface area contributed by atoms with E-state index in [2.05, 4.69) is 37.7 Å². The second-order valence-corrected chi connectivity index (χ2v) is 5.91. The first-order chi connectivity index (χ1) is 9.67. The molecule has 1 rings (SSSR count). The van der Waals surface area contributed by atoms with Gasteiger partial charge in [0.2, 0.25) is 0 Å². The lowest BCUT2D eigenvalue weighted by atomic mass is 9.89. The van der Waals surface area contributed by atoms with E-state index in [1.807, 2.05) is 0 Å². The largest absolute Gasteiger partial charge is 0.573 e. The van der Waals surface area contributed by atoms with Crippen molar-refractivity contribution in [2.24, 2.45) is 11.8 Å². The molecule has 0 fully saturated rings. The SMILES string of the molecule is CC(C)NCC(C)C(C)Cc1ccc(OC(F)(F)F)cc1. The minimum absolute atomic E-state index is 0.173. The zero-order valence-electron chi connectivity index (χ0n) is 13.0. The number of hydrogen-bond donors (Lipinski definition) is 1. The van der Waals surface area contributed by atoms with Crippen molar-refractivity contribution in [3.05, 3.63) is 29.8 Å². The molecular formula is C16H24F3NO. The average Bonchev–Trinajstić information content (AvgIpc) is 2.36. The van der Waals surface area contributed by atoms with Crippen molar-refractivity contribution in [2.75, 3.05) is 6.54 Å². The van der Waals surface area contributed by atoms with Crippen LogP contribution in [-0.2, 0) is 6.42 Å². The second-order valence-electron chi connectivity index (χ2n) is 5.91. The van der Waals surface area contributed by atoms with Crippen LogP contribution in [-0.4, -0.2) is 18.9 Å². The summed E-state index contributed by atoms with van der Waals surface area (Å²) in [5, 5.41) is 3.40. The van der Waals surface area contributed by atoms with Crippen LogP contribution in [0.5, 0.6) is 5.75 Å². The molecule has 0 heterocycles. The number of nitrogens with one attached hydrogen (secondary N) is 1. The molecule has 0 radical (unpaired) electrons. The zero-order valence-corrected chi connectivity index (χ0v) is 13.0. The third kappa shape index (κ3) is 7.37. The normalized spacial score (nSPS) is 15.0. The molecule has 0 saturated heterocycles. The number of hydrogen-bond acceptors (Lipinski definition) is 2. The molecule has 0 bridgehead atoms. The van der Waals surface area contributed by atoms with E-state index in [9.17, 15) is 13.2 Å². The van der Waals surface area contributed by atoms with Crippen LogP contribution in [0.2, 0.25) is 0 Å². The Bertz CT molecular complexity index is 415. The summed E-state index contributed by atoms with van der Waals surface area (Å²) in [5.74, 6) is 0.776. The first-order valence-corrected chi connectivity index (χ1v) is 7.25. The third-order valence-electron chi connectivity index (χ3n) is 3.53. The molecule has 2 nitrogen and oxygen atoms in total. The Morgan fingerprint density at radius 1 is 1.00 bits per heavy atom. The van der Waals surface area contributed by atoms with E-state index in [0.29, 0.717) is 17.9 Å². The molecule has 5 heteroatoms. The van der Waals surface area contributed by atoms with Gasteiger partial charge in [0, 0.05) is 6.04 Å². The van der Waals surface area contributed by atoms with E-state index in [1.54, 1.807) is 12.1 Å². The molecule has 0 saturated carbocycles. The lowest BCUT2D eigenvalue weighted by molar-refractivity contribution is -0.274. The Morgan fingerprint density at radius 2 is 1.57 bits per heavy atom. The fraction of sp³-hybridized carbons (Fsp3) is 0.625. The molecule has 0 aliphatic heterocycles. The van der Waals surface area contributed by atoms with Gasteiger partial charge in [0.15, 0.2) is 0 Å². The third-order valence-corrected chi connectivity index (χ3v) is 3.53. The molecule has 2 unspecified atom stereocenters. The summed E-state index contributed by atoms with van der Waals surface area (Å²) < 4.78 is 40.1. The van der Waals surface area contributed by atoms with E-state index in [-0.39, 0.29) is 5.75 Å². The summed E-state index contributed by atoms with van der Waals surface area (Å²) in [6.45, 7) is 9.50. The maximum atomic E-state index is 12.1. The highest BCUT2D eigenvalue weighted by Crippen LogP contribution is 2.24. The van der Waals surface area contributed by atoms with Gasteiger partial charge < -0.3 is 10.1 Å². The number of ether oxygens (including phenoxy) is 1. The summed E-state index contributed by atoms with van der Waals surface area (Å²) in [5.41, 5.74) is 1.02. The number of benzene rings is 1. The molecular weight excluding hydrogens is 279 g/mol. The van der Waals surface area contributed by atoms with E-state index in [1.165, 1.54) is 12.1 Å². The van der Waals surface area contributed by atoms with Gasteiger partial charge in [0.1, 0.15) is 5.75 Å². The summed E-state index contributed by atoms with van der Waals surface area (Å²) in [7, 11) is 0. The molecule has 0 amide bonds. The smallest absolute Gasteiger partial charge is 0.406 e. The summed E-state index contributed by atoms with van der Waals surface area (Å²) in [6, 6.07) is 6.58. The quantitative estimate of drug-likeness (QED) is 0.806. The first kappa shape index (κ1) is 17.8. The van der Waals surface area contributed by atoms with E-state index in [0.717, 1.165) is 18.5 Å². The number of halogens is 3. The van der Waals surface area contributed by atoms with Crippen molar-refractivity contribution in [3.8, 4) is 5.75 Å². The Labute approximate surface area is 124 Å². The predicted octanol–water partition coefficient (Wildman–Crippen LogP) is 4.40. The van der Waals surface area contributed by atoms with Gasteiger partial charge in [-0.25, -0.2) is 0 Å². The maximum Gasteiger partial charge on any atom is 0.573 e. The minimum atomic E-state index is -4.63. The van der Waals surface area contributed by atoms with E-state index < -0.39 is 6.36 Å². The monoisotopic (exact) mass is 303 g/mol. The number of alkyl halides is 3. The summed E-state index contributed by atoms with van der Waals surface area (Å²) in [6.07, 6.45) is -3.79.